The van der Waals surface area contributed by atoms with Gasteiger partial charge in [-0.3, -0.25) is 4.90 Å². The lowest BCUT2D eigenvalue weighted by Crippen LogP contribution is -2.64. The van der Waals surface area contributed by atoms with Gasteiger partial charge < -0.3 is 10.1 Å². The van der Waals surface area contributed by atoms with Crippen LogP contribution >= 0.6 is 0 Å². The number of hydrogen-bond acceptors (Lipinski definition) is 3. The van der Waals surface area contributed by atoms with Crippen molar-refractivity contribution in [2.24, 2.45) is 5.92 Å². The molecule has 1 saturated heterocycles. The highest BCUT2D eigenvalue weighted by Crippen LogP contribution is 2.42. The predicted molar refractivity (Wildman–Crippen MR) is 80.5 cm³/mol. The van der Waals surface area contributed by atoms with Gasteiger partial charge in [0.15, 0.2) is 0 Å². The van der Waals surface area contributed by atoms with E-state index in [2.05, 4.69) is 31.1 Å². The van der Waals surface area contributed by atoms with E-state index < -0.39 is 0 Å². The predicted octanol–water partition coefficient (Wildman–Crippen LogP) is 2.66. The Morgan fingerprint density at radius 2 is 1.68 bits per heavy atom. The van der Waals surface area contributed by atoms with E-state index in [0.29, 0.717) is 11.6 Å². The molecule has 1 heterocycles. The second-order valence-electron chi connectivity index (χ2n) is 6.25. The van der Waals surface area contributed by atoms with E-state index in [1.165, 1.54) is 38.5 Å². The number of hydrogen-bond donors (Lipinski definition) is 1. The maximum absolute atomic E-state index is 5.57. The molecule has 0 bridgehead atoms. The fourth-order valence-electron chi connectivity index (χ4n) is 4.52. The molecule has 0 aromatic carbocycles. The molecule has 0 aromatic heterocycles. The fourth-order valence-corrected chi connectivity index (χ4v) is 4.52. The van der Waals surface area contributed by atoms with Crippen LogP contribution in [0.2, 0.25) is 0 Å². The van der Waals surface area contributed by atoms with Crippen molar-refractivity contribution >= 4 is 0 Å². The summed E-state index contributed by atoms with van der Waals surface area (Å²) < 4.78 is 5.57. The molecule has 2 rings (SSSR count). The van der Waals surface area contributed by atoms with Crippen LogP contribution < -0.4 is 5.32 Å². The van der Waals surface area contributed by atoms with E-state index in [4.69, 9.17) is 4.74 Å². The molecule has 112 valence electrons. The lowest BCUT2D eigenvalue weighted by atomic mass is 9.76. The largest absolute Gasteiger partial charge is 0.379 e. The molecule has 0 amide bonds. The molecule has 1 saturated carbocycles. The third-order valence-corrected chi connectivity index (χ3v) is 5.52. The quantitative estimate of drug-likeness (QED) is 0.801. The zero-order valence-corrected chi connectivity index (χ0v) is 13.1. The Morgan fingerprint density at radius 3 is 2.16 bits per heavy atom. The molecule has 3 nitrogen and oxygen atoms in total. The van der Waals surface area contributed by atoms with Gasteiger partial charge in [-0.15, -0.1) is 0 Å². The Balaban J connectivity index is 2.20. The summed E-state index contributed by atoms with van der Waals surface area (Å²) >= 11 is 0. The van der Waals surface area contributed by atoms with E-state index in [-0.39, 0.29) is 0 Å². The van der Waals surface area contributed by atoms with Crippen molar-refractivity contribution in [3.8, 4) is 0 Å². The third kappa shape index (κ3) is 2.98. The summed E-state index contributed by atoms with van der Waals surface area (Å²) in [7, 11) is 2.17. The number of likely N-dealkylation sites (N-methyl/N-ethyl adjacent to an activating group) is 1. The van der Waals surface area contributed by atoms with Crippen LogP contribution in [0, 0.1) is 5.92 Å². The first kappa shape index (κ1) is 15.3. The molecule has 3 heteroatoms. The molecule has 0 radical (unpaired) electrons. The monoisotopic (exact) mass is 268 g/mol. The summed E-state index contributed by atoms with van der Waals surface area (Å²) in [6.07, 6.45) is 8.11. The molecule has 1 aliphatic carbocycles. The van der Waals surface area contributed by atoms with Crippen molar-refractivity contribution in [3.63, 3.8) is 0 Å². The second kappa shape index (κ2) is 7.05. The smallest absolute Gasteiger partial charge is 0.0594 e. The van der Waals surface area contributed by atoms with Gasteiger partial charge in [-0.25, -0.2) is 0 Å². The lowest BCUT2D eigenvalue weighted by molar-refractivity contribution is -0.0442. The molecule has 2 aliphatic rings. The Kier molecular flexibility index (Phi) is 5.67. The SMILES string of the molecule is CCC(CC)C(NC)C1(N2CCOCC2)CCCC1. The van der Waals surface area contributed by atoms with Crippen molar-refractivity contribution < 1.29 is 4.74 Å². The van der Waals surface area contributed by atoms with Crippen molar-refractivity contribution in [1.29, 1.82) is 0 Å². The minimum atomic E-state index is 0.398. The maximum atomic E-state index is 5.57. The van der Waals surface area contributed by atoms with Gasteiger partial charge in [-0.05, 0) is 25.8 Å². The van der Waals surface area contributed by atoms with Crippen LogP contribution in [0.25, 0.3) is 0 Å². The summed E-state index contributed by atoms with van der Waals surface area (Å²) in [4.78, 5) is 2.75. The normalized spacial score (nSPS) is 25.9. The van der Waals surface area contributed by atoms with E-state index in [9.17, 15) is 0 Å². The second-order valence-corrected chi connectivity index (χ2v) is 6.25. The molecule has 1 unspecified atom stereocenters. The first-order valence-corrected chi connectivity index (χ1v) is 8.28. The van der Waals surface area contributed by atoms with Crippen molar-refractivity contribution in [2.45, 2.75) is 64.0 Å². The zero-order valence-electron chi connectivity index (χ0n) is 13.1. The van der Waals surface area contributed by atoms with Gasteiger partial charge in [0.05, 0.1) is 13.2 Å². The first-order valence-electron chi connectivity index (χ1n) is 8.28. The molecular weight excluding hydrogens is 236 g/mol. The highest BCUT2D eigenvalue weighted by Gasteiger charge is 2.47. The standard InChI is InChI=1S/C16H32N2O/c1-4-14(5-2)15(17-3)16(8-6-7-9-16)18-10-12-19-13-11-18/h14-15,17H,4-13H2,1-3H3. The molecule has 1 aliphatic heterocycles. The van der Waals surface area contributed by atoms with Crippen LogP contribution in [-0.2, 0) is 4.74 Å². The van der Waals surface area contributed by atoms with Crippen LogP contribution in [0.5, 0.6) is 0 Å². The number of nitrogens with one attached hydrogen (secondary N) is 1. The molecule has 1 N–H and O–H groups in total. The summed E-state index contributed by atoms with van der Waals surface area (Å²) in [6, 6.07) is 0.642. The van der Waals surface area contributed by atoms with Crippen LogP contribution in [0.1, 0.15) is 52.4 Å². The summed E-state index contributed by atoms with van der Waals surface area (Å²) in [5.41, 5.74) is 0.398. The van der Waals surface area contributed by atoms with Crippen molar-refractivity contribution in [3.05, 3.63) is 0 Å². The summed E-state index contributed by atoms with van der Waals surface area (Å²) in [6.45, 7) is 8.78. The molecule has 0 aromatic rings. The molecule has 1 atom stereocenters. The van der Waals surface area contributed by atoms with E-state index in [0.717, 1.165) is 32.2 Å². The third-order valence-electron chi connectivity index (χ3n) is 5.52. The van der Waals surface area contributed by atoms with Crippen LogP contribution in [0.4, 0.5) is 0 Å². The Hall–Kier alpha value is -0.120. The average Bonchev–Trinajstić information content (AvgIpc) is 2.96. The lowest BCUT2D eigenvalue weighted by Gasteiger charge is -2.50. The first-order chi connectivity index (χ1) is 9.28. The van der Waals surface area contributed by atoms with E-state index in [1.54, 1.807) is 0 Å². The molecule has 19 heavy (non-hydrogen) atoms. The molecular formula is C16H32N2O. The Bertz CT molecular complexity index is 253. The molecule has 0 spiro atoms. The fraction of sp³-hybridized carbons (Fsp3) is 1.00. The number of nitrogens with zero attached hydrogens (tertiary/aromatic N) is 1. The number of rotatable bonds is 6. The Morgan fingerprint density at radius 1 is 1.11 bits per heavy atom. The zero-order chi connectivity index (χ0) is 13.7. The van der Waals surface area contributed by atoms with Gasteiger partial charge in [0, 0.05) is 24.7 Å². The maximum Gasteiger partial charge on any atom is 0.0594 e. The minimum absolute atomic E-state index is 0.398. The van der Waals surface area contributed by atoms with E-state index in [1.807, 2.05) is 0 Å². The summed E-state index contributed by atoms with van der Waals surface area (Å²) in [5, 5.41) is 3.70. The highest BCUT2D eigenvalue weighted by atomic mass is 16.5. The van der Waals surface area contributed by atoms with Gasteiger partial charge in [-0.2, -0.15) is 0 Å². The summed E-state index contributed by atoms with van der Waals surface area (Å²) in [5.74, 6) is 0.797. The average molecular weight is 268 g/mol. The van der Waals surface area contributed by atoms with Crippen molar-refractivity contribution in [2.75, 3.05) is 33.4 Å². The number of ether oxygens (including phenoxy) is 1. The van der Waals surface area contributed by atoms with Gasteiger partial charge >= 0.3 is 0 Å². The van der Waals surface area contributed by atoms with Crippen LogP contribution in [-0.4, -0.2) is 49.8 Å². The van der Waals surface area contributed by atoms with Gasteiger partial charge in [-0.1, -0.05) is 39.5 Å². The Labute approximate surface area is 119 Å². The van der Waals surface area contributed by atoms with Crippen molar-refractivity contribution in [1.82, 2.24) is 10.2 Å². The van der Waals surface area contributed by atoms with Crippen LogP contribution in [0.15, 0.2) is 0 Å². The number of morpholine rings is 1. The molecule has 2 fully saturated rings. The highest BCUT2D eigenvalue weighted by molar-refractivity contribution is 5.05. The van der Waals surface area contributed by atoms with Crippen LogP contribution in [0.3, 0.4) is 0 Å². The van der Waals surface area contributed by atoms with Gasteiger partial charge in [0.2, 0.25) is 0 Å². The van der Waals surface area contributed by atoms with Gasteiger partial charge in [0.1, 0.15) is 0 Å². The van der Waals surface area contributed by atoms with E-state index >= 15 is 0 Å². The minimum Gasteiger partial charge on any atom is -0.379 e. The van der Waals surface area contributed by atoms with Gasteiger partial charge in [0.25, 0.3) is 0 Å². The topological polar surface area (TPSA) is 24.5 Å².